The van der Waals surface area contributed by atoms with Gasteiger partial charge in [0.15, 0.2) is 5.82 Å². The van der Waals surface area contributed by atoms with Crippen molar-refractivity contribution in [2.24, 2.45) is 16.5 Å². The number of hydrogen-bond donors (Lipinski definition) is 3. The van der Waals surface area contributed by atoms with Crippen LogP contribution in [0.15, 0.2) is 23.0 Å². The summed E-state index contributed by atoms with van der Waals surface area (Å²) in [5.41, 5.74) is 17.9. The lowest BCUT2D eigenvalue weighted by atomic mass is 10.3. The number of amidine groups is 1. The lowest BCUT2D eigenvalue weighted by molar-refractivity contribution is 1.13. The van der Waals surface area contributed by atoms with Crippen molar-refractivity contribution >= 4 is 17.6 Å². The van der Waals surface area contributed by atoms with Crippen molar-refractivity contribution in [1.82, 2.24) is 9.97 Å². The molecule has 6 nitrogen and oxygen atoms in total. The molecule has 0 aromatic carbocycles. The van der Waals surface area contributed by atoms with Crippen LogP contribution in [0.3, 0.4) is 0 Å². The summed E-state index contributed by atoms with van der Waals surface area (Å²) in [5.74, 6) is 0.911. The third-order valence-electron chi connectivity index (χ3n) is 1.57. The van der Waals surface area contributed by atoms with Crippen molar-refractivity contribution in [3.05, 3.63) is 23.5 Å². The highest BCUT2D eigenvalue weighted by Gasteiger charge is 2.00. The molecule has 1 aromatic rings. The van der Waals surface area contributed by atoms with Gasteiger partial charge in [0, 0.05) is 17.5 Å². The van der Waals surface area contributed by atoms with Crippen LogP contribution < -0.4 is 17.2 Å². The molecule has 15 heavy (non-hydrogen) atoms. The van der Waals surface area contributed by atoms with Gasteiger partial charge >= 0.3 is 0 Å². The van der Waals surface area contributed by atoms with E-state index in [1.165, 1.54) is 0 Å². The molecule has 0 unspecified atom stereocenters. The van der Waals surface area contributed by atoms with Gasteiger partial charge in [-0.05, 0) is 19.9 Å². The van der Waals surface area contributed by atoms with Crippen molar-refractivity contribution in [3.63, 3.8) is 0 Å². The van der Waals surface area contributed by atoms with Crippen molar-refractivity contribution in [2.45, 2.75) is 13.8 Å². The average Bonchev–Trinajstić information content (AvgIpc) is 2.10. The molecule has 0 radical (unpaired) electrons. The van der Waals surface area contributed by atoms with Gasteiger partial charge in [-0.1, -0.05) is 0 Å². The van der Waals surface area contributed by atoms with Gasteiger partial charge in [0.1, 0.15) is 5.84 Å². The van der Waals surface area contributed by atoms with Gasteiger partial charge in [-0.25, -0.2) is 9.98 Å². The Labute approximate surface area is 87.9 Å². The second-order valence-corrected chi connectivity index (χ2v) is 3.16. The first-order valence-corrected chi connectivity index (χ1v) is 4.36. The molecule has 0 saturated heterocycles. The Morgan fingerprint density at radius 3 is 2.73 bits per heavy atom. The number of rotatable bonds is 2. The summed E-state index contributed by atoms with van der Waals surface area (Å²) in [6.45, 7) is 3.55. The van der Waals surface area contributed by atoms with Gasteiger partial charge in [-0.3, -0.25) is 0 Å². The van der Waals surface area contributed by atoms with E-state index in [9.17, 15) is 0 Å². The van der Waals surface area contributed by atoms with Gasteiger partial charge in [-0.2, -0.15) is 4.98 Å². The Morgan fingerprint density at radius 1 is 1.47 bits per heavy atom. The zero-order chi connectivity index (χ0) is 11.4. The van der Waals surface area contributed by atoms with Crippen molar-refractivity contribution < 1.29 is 0 Å². The first-order valence-electron chi connectivity index (χ1n) is 4.36. The minimum Gasteiger partial charge on any atom is -0.402 e. The quantitative estimate of drug-likeness (QED) is 0.472. The molecule has 0 aliphatic heterocycles. The summed E-state index contributed by atoms with van der Waals surface area (Å²) in [6.07, 6.45) is 3.14. The van der Waals surface area contributed by atoms with E-state index in [0.717, 1.165) is 5.56 Å². The van der Waals surface area contributed by atoms with Crippen LogP contribution in [0.2, 0.25) is 0 Å². The SMILES string of the molecule is C/C(N)=C/C(N)=Nc1nc(N)ncc1C. The molecule has 0 saturated carbocycles. The molecule has 0 aliphatic rings. The Kier molecular flexibility index (Phi) is 3.22. The average molecular weight is 206 g/mol. The maximum absolute atomic E-state index is 5.62. The third-order valence-corrected chi connectivity index (χ3v) is 1.57. The van der Waals surface area contributed by atoms with Gasteiger partial charge in [0.25, 0.3) is 0 Å². The van der Waals surface area contributed by atoms with E-state index in [-0.39, 0.29) is 11.8 Å². The molecule has 0 atom stereocenters. The minimum absolute atomic E-state index is 0.167. The van der Waals surface area contributed by atoms with Crippen molar-refractivity contribution in [2.75, 3.05) is 5.73 Å². The first-order chi connectivity index (χ1) is 6.99. The van der Waals surface area contributed by atoms with E-state index in [1.807, 2.05) is 6.92 Å². The monoisotopic (exact) mass is 206 g/mol. The van der Waals surface area contributed by atoms with E-state index >= 15 is 0 Å². The number of nitrogens with two attached hydrogens (primary N) is 3. The normalized spacial score (nSPS) is 12.9. The topological polar surface area (TPSA) is 116 Å². The number of aromatic nitrogens is 2. The molecule has 0 bridgehead atoms. The van der Waals surface area contributed by atoms with E-state index < -0.39 is 0 Å². The summed E-state index contributed by atoms with van der Waals surface area (Å²) in [4.78, 5) is 11.8. The van der Waals surface area contributed by atoms with Gasteiger partial charge in [0.2, 0.25) is 5.95 Å². The molecule has 0 aliphatic carbocycles. The number of aryl methyl sites for hydroxylation is 1. The fourth-order valence-electron chi connectivity index (χ4n) is 0.947. The zero-order valence-corrected chi connectivity index (χ0v) is 8.73. The molecule has 1 heterocycles. The second-order valence-electron chi connectivity index (χ2n) is 3.16. The zero-order valence-electron chi connectivity index (χ0n) is 8.73. The van der Waals surface area contributed by atoms with Gasteiger partial charge < -0.3 is 17.2 Å². The van der Waals surface area contributed by atoms with E-state index in [2.05, 4.69) is 15.0 Å². The fourth-order valence-corrected chi connectivity index (χ4v) is 0.947. The molecule has 1 rings (SSSR count). The maximum atomic E-state index is 5.62. The number of hydrogen-bond acceptors (Lipinski definition) is 5. The van der Waals surface area contributed by atoms with E-state index in [4.69, 9.17) is 17.2 Å². The third kappa shape index (κ3) is 3.26. The van der Waals surface area contributed by atoms with Crippen LogP contribution in [0, 0.1) is 6.92 Å². The van der Waals surface area contributed by atoms with Gasteiger partial charge in [-0.15, -0.1) is 0 Å². The second kappa shape index (κ2) is 4.41. The number of anilines is 1. The van der Waals surface area contributed by atoms with Crippen LogP contribution in [-0.2, 0) is 0 Å². The molecule has 80 valence electrons. The minimum atomic E-state index is 0.167. The highest BCUT2D eigenvalue weighted by Crippen LogP contribution is 2.14. The molecule has 0 fully saturated rings. The molecular formula is C9H14N6. The van der Waals surface area contributed by atoms with Crippen LogP contribution >= 0.6 is 0 Å². The molecule has 6 heteroatoms. The molecular weight excluding hydrogens is 192 g/mol. The lowest BCUT2D eigenvalue weighted by Gasteiger charge is -2.00. The van der Waals surface area contributed by atoms with Crippen molar-refractivity contribution in [1.29, 1.82) is 0 Å². The van der Waals surface area contributed by atoms with Crippen LogP contribution in [-0.4, -0.2) is 15.8 Å². The summed E-state index contributed by atoms with van der Waals surface area (Å²) in [6, 6.07) is 0. The highest BCUT2D eigenvalue weighted by molar-refractivity contribution is 5.93. The van der Waals surface area contributed by atoms with Crippen molar-refractivity contribution in [3.8, 4) is 0 Å². The Morgan fingerprint density at radius 2 is 2.13 bits per heavy atom. The summed E-state index contributed by atoms with van der Waals surface area (Å²) in [5, 5.41) is 0. The number of allylic oxidation sites excluding steroid dienone is 1. The van der Waals surface area contributed by atoms with Crippen LogP contribution in [0.25, 0.3) is 0 Å². The summed E-state index contributed by atoms with van der Waals surface area (Å²) >= 11 is 0. The van der Waals surface area contributed by atoms with E-state index in [0.29, 0.717) is 11.5 Å². The van der Waals surface area contributed by atoms with Crippen LogP contribution in [0.4, 0.5) is 11.8 Å². The fraction of sp³-hybridized carbons (Fsp3) is 0.222. The first kappa shape index (κ1) is 11.0. The summed E-state index contributed by atoms with van der Waals surface area (Å²) < 4.78 is 0. The Balaban J connectivity index is 3.07. The van der Waals surface area contributed by atoms with Crippen LogP contribution in [0.5, 0.6) is 0 Å². The Hall–Kier alpha value is -2.11. The predicted molar refractivity (Wildman–Crippen MR) is 60.4 cm³/mol. The van der Waals surface area contributed by atoms with Crippen LogP contribution in [0.1, 0.15) is 12.5 Å². The highest BCUT2D eigenvalue weighted by atomic mass is 15.1. The van der Waals surface area contributed by atoms with E-state index in [1.54, 1.807) is 19.2 Å². The summed E-state index contributed by atoms with van der Waals surface area (Å²) in [7, 11) is 0. The standard InChI is InChI=1S/C9H14N6/c1-5-4-13-9(12)15-8(5)14-7(11)3-6(2)10/h3-4H,10H2,1-2H3,(H4,11,12,13,14,15)/b6-3-. The number of nitrogens with zero attached hydrogens (tertiary/aromatic N) is 3. The predicted octanol–water partition coefficient (Wildman–Crippen LogP) is 0.218. The number of nitrogen functional groups attached to an aromatic ring is 1. The maximum Gasteiger partial charge on any atom is 0.222 e. The van der Waals surface area contributed by atoms with Gasteiger partial charge in [0.05, 0.1) is 0 Å². The molecule has 6 N–H and O–H groups in total. The largest absolute Gasteiger partial charge is 0.402 e. The Bertz CT molecular complexity index is 417. The molecule has 0 spiro atoms. The lowest BCUT2D eigenvalue weighted by Crippen LogP contribution is -2.10. The molecule has 0 amide bonds. The smallest absolute Gasteiger partial charge is 0.222 e. The number of aliphatic imine (C=N–C) groups is 1. The molecule has 1 aromatic heterocycles.